The van der Waals surface area contributed by atoms with E-state index in [1.54, 1.807) is 0 Å². The van der Waals surface area contributed by atoms with Gasteiger partial charge in [-0.15, -0.1) is 0 Å². The third-order valence-electron chi connectivity index (χ3n) is 3.14. The van der Waals surface area contributed by atoms with Crippen molar-refractivity contribution in [3.05, 3.63) is 59.7 Å². The minimum absolute atomic E-state index is 0.411. The van der Waals surface area contributed by atoms with E-state index < -0.39 is 0 Å². The van der Waals surface area contributed by atoms with Gasteiger partial charge in [-0.3, -0.25) is 0 Å². The van der Waals surface area contributed by atoms with Crippen molar-refractivity contribution in [1.82, 2.24) is 0 Å². The number of nitrogens with zero attached hydrogens (tertiary/aromatic N) is 3. The van der Waals surface area contributed by atoms with Gasteiger partial charge in [0.15, 0.2) is 0 Å². The van der Waals surface area contributed by atoms with E-state index in [1.165, 1.54) is 0 Å². The number of anilines is 2. The molecule has 98 valence electrons. The molecule has 0 saturated carbocycles. The molecule has 20 heavy (non-hydrogen) atoms. The predicted octanol–water partition coefficient (Wildman–Crippen LogP) is 3.92. The van der Waals surface area contributed by atoms with Gasteiger partial charge in [0.1, 0.15) is 6.07 Å². The Morgan fingerprint density at radius 2 is 1.75 bits per heavy atom. The number of rotatable bonds is 4. The molecule has 0 bridgehead atoms. The highest BCUT2D eigenvalue weighted by atomic mass is 15.1. The Balaban J connectivity index is 2.53. The fourth-order valence-corrected chi connectivity index (χ4v) is 2.25. The molecular formula is C17H15N3. The summed E-state index contributed by atoms with van der Waals surface area (Å²) in [6.07, 6.45) is 0.411. The largest absolute Gasteiger partial charge is 0.339 e. The molecule has 0 saturated heterocycles. The van der Waals surface area contributed by atoms with Crippen molar-refractivity contribution in [3.63, 3.8) is 0 Å². The molecular weight excluding hydrogens is 246 g/mol. The van der Waals surface area contributed by atoms with Gasteiger partial charge in [0.05, 0.1) is 23.7 Å². The second-order valence-corrected chi connectivity index (χ2v) is 4.48. The Morgan fingerprint density at radius 1 is 1.00 bits per heavy atom. The van der Waals surface area contributed by atoms with Gasteiger partial charge in [0.25, 0.3) is 0 Å². The van der Waals surface area contributed by atoms with Crippen LogP contribution in [0.4, 0.5) is 11.4 Å². The van der Waals surface area contributed by atoms with E-state index in [0.717, 1.165) is 16.9 Å². The average molecular weight is 261 g/mol. The first kappa shape index (κ1) is 13.6. The summed E-state index contributed by atoms with van der Waals surface area (Å²) in [6, 6.07) is 19.9. The molecule has 0 fully saturated rings. The molecule has 2 aromatic carbocycles. The van der Waals surface area contributed by atoms with Crippen LogP contribution in [0, 0.1) is 29.6 Å². The van der Waals surface area contributed by atoms with Crippen molar-refractivity contribution in [3.8, 4) is 12.1 Å². The second kappa shape index (κ2) is 6.41. The Morgan fingerprint density at radius 3 is 2.40 bits per heavy atom. The monoisotopic (exact) mass is 261 g/mol. The summed E-state index contributed by atoms with van der Waals surface area (Å²) in [7, 11) is 0. The van der Waals surface area contributed by atoms with Crippen molar-refractivity contribution in [2.45, 2.75) is 13.3 Å². The summed E-state index contributed by atoms with van der Waals surface area (Å²) < 4.78 is 0. The van der Waals surface area contributed by atoms with Crippen LogP contribution < -0.4 is 4.90 Å². The lowest BCUT2D eigenvalue weighted by Gasteiger charge is -2.26. The van der Waals surface area contributed by atoms with Crippen LogP contribution >= 0.6 is 0 Å². The van der Waals surface area contributed by atoms with E-state index in [-0.39, 0.29) is 0 Å². The minimum atomic E-state index is 0.411. The van der Waals surface area contributed by atoms with Gasteiger partial charge in [0, 0.05) is 12.2 Å². The zero-order chi connectivity index (χ0) is 14.4. The molecule has 2 aromatic rings. The van der Waals surface area contributed by atoms with E-state index in [0.29, 0.717) is 18.5 Å². The van der Waals surface area contributed by atoms with Crippen LogP contribution in [0.5, 0.6) is 0 Å². The summed E-state index contributed by atoms with van der Waals surface area (Å²) in [6.45, 7) is 2.55. The molecule has 0 aliphatic rings. The number of para-hydroxylation sites is 2. The highest BCUT2D eigenvalue weighted by Crippen LogP contribution is 2.31. The molecule has 0 unspecified atom stereocenters. The summed E-state index contributed by atoms with van der Waals surface area (Å²) in [5, 5.41) is 18.2. The molecule has 0 spiro atoms. The Kier molecular flexibility index (Phi) is 4.37. The Bertz CT molecular complexity index is 663. The molecule has 0 radical (unpaired) electrons. The normalized spacial score (nSPS) is 9.55. The van der Waals surface area contributed by atoms with E-state index in [1.807, 2.05) is 60.4 Å². The Hall–Kier alpha value is -2.78. The molecule has 0 N–H and O–H groups in total. The van der Waals surface area contributed by atoms with E-state index in [4.69, 9.17) is 5.26 Å². The minimum Gasteiger partial charge on any atom is -0.339 e. The van der Waals surface area contributed by atoms with Crippen LogP contribution in [0.25, 0.3) is 0 Å². The quantitative estimate of drug-likeness (QED) is 0.838. The number of nitriles is 2. The summed E-state index contributed by atoms with van der Waals surface area (Å²) in [4.78, 5) is 2.04. The van der Waals surface area contributed by atoms with Crippen molar-refractivity contribution in [1.29, 1.82) is 10.5 Å². The highest BCUT2D eigenvalue weighted by Gasteiger charge is 2.15. The first-order valence-corrected chi connectivity index (χ1v) is 6.47. The van der Waals surface area contributed by atoms with E-state index in [9.17, 15) is 5.26 Å². The molecule has 0 amide bonds. The second-order valence-electron chi connectivity index (χ2n) is 4.48. The smallest absolute Gasteiger partial charge is 0.101 e. The van der Waals surface area contributed by atoms with Crippen molar-refractivity contribution >= 4 is 11.4 Å². The van der Waals surface area contributed by atoms with E-state index >= 15 is 0 Å². The van der Waals surface area contributed by atoms with Crippen LogP contribution in [0.15, 0.2) is 48.5 Å². The lowest BCUT2D eigenvalue weighted by Crippen LogP contribution is -2.20. The molecule has 0 aliphatic carbocycles. The third kappa shape index (κ3) is 2.79. The molecule has 2 rings (SSSR count). The van der Waals surface area contributed by atoms with E-state index in [2.05, 4.69) is 12.1 Å². The van der Waals surface area contributed by atoms with Crippen LogP contribution in [0.2, 0.25) is 0 Å². The first-order valence-electron chi connectivity index (χ1n) is 6.47. The molecule has 0 heterocycles. The molecule has 0 aliphatic heterocycles. The van der Waals surface area contributed by atoms with Gasteiger partial charge in [-0.05, 0) is 30.7 Å². The van der Waals surface area contributed by atoms with Gasteiger partial charge in [-0.2, -0.15) is 10.5 Å². The van der Waals surface area contributed by atoms with Crippen LogP contribution in [-0.4, -0.2) is 6.54 Å². The molecule has 3 heteroatoms. The van der Waals surface area contributed by atoms with Crippen molar-refractivity contribution in [2.75, 3.05) is 11.4 Å². The van der Waals surface area contributed by atoms with Crippen molar-refractivity contribution < 1.29 is 0 Å². The maximum atomic E-state index is 9.32. The zero-order valence-electron chi connectivity index (χ0n) is 11.4. The average Bonchev–Trinajstić information content (AvgIpc) is 2.50. The lowest BCUT2D eigenvalue weighted by atomic mass is 10.1. The maximum Gasteiger partial charge on any atom is 0.101 e. The van der Waals surface area contributed by atoms with Gasteiger partial charge in [0.2, 0.25) is 0 Å². The Labute approximate surface area is 119 Å². The van der Waals surface area contributed by atoms with Gasteiger partial charge in [-0.25, -0.2) is 0 Å². The number of hydrogen-bond donors (Lipinski definition) is 0. The fourth-order valence-electron chi connectivity index (χ4n) is 2.25. The predicted molar refractivity (Wildman–Crippen MR) is 79.6 cm³/mol. The topological polar surface area (TPSA) is 50.8 Å². The fraction of sp³-hybridized carbons (Fsp3) is 0.176. The van der Waals surface area contributed by atoms with Gasteiger partial charge < -0.3 is 4.90 Å². The van der Waals surface area contributed by atoms with Gasteiger partial charge in [-0.1, -0.05) is 30.3 Å². The van der Waals surface area contributed by atoms with Crippen LogP contribution in [0.1, 0.15) is 17.5 Å². The van der Waals surface area contributed by atoms with Crippen LogP contribution in [-0.2, 0) is 0 Å². The van der Waals surface area contributed by atoms with Crippen LogP contribution in [0.3, 0.4) is 0 Å². The van der Waals surface area contributed by atoms with Crippen molar-refractivity contribution in [2.24, 2.45) is 0 Å². The molecule has 0 atom stereocenters. The molecule has 3 nitrogen and oxygen atoms in total. The number of aryl methyl sites for hydroxylation is 1. The summed E-state index contributed by atoms with van der Waals surface area (Å²) in [5.41, 5.74) is 3.54. The molecule has 0 aromatic heterocycles. The SMILES string of the molecule is Cc1cccc(C#N)c1N(CCC#N)c1ccccc1. The zero-order valence-corrected chi connectivity index (χ0v) is 11.4. The first-order chi connectivity index (χ1) is 9.77. The third-order valence-corrected chi connectivity index (χ3v) is 3.14. The number of benzene rings is 2. The maximum absolute atomic E-state index is 9.32. The summed E-state index contributed by atoms with van der Waals surface area (Å²) >= 11 is 0. The number of hydrogen-bond acceptors (Lipinski definition) is 3. The van der Waals surface area contributed by atoms with Gasteiger partial charge >= 0.3 is 0 Å². The lowest BCUT2D eigenvalue weighted by molar-refractivity contribution is 0.941. The highest BCUT2D eigenvalue weighted by molar-refractivity contribution is 5.72. The standard InChI is InChI=1S/C17H15N3/c1-14-7-5-8-15(13-19)17(14)20(12-6-11-18)16-9-3-2-4-10-16/h2-5,7-10H,6,12H2,1H3. The summed E-state index contributed by atoms with van der Waals surface area (Å²) in [5.74, 6) is 0.